The van der Waals surface area contributed by atoms with E-state index < -0.39 is 0 Å². The molecule has 2 aromatic rings. The SMILES string of the molecule is O=C(CCc1ccc2c(c1)OCCO2)NCCSCc1ccc(Cl)cc1. The van der Waals surface area contributed by atoms with Crippen LogP contribution in [0.3, 0.4) is 0 Å². The highest BCUT2D eigenvalue weighted by Gasteiger charge is 2.12. The first-order chi connectivity index (χ1) is 12.7. The molecule has 2 aromatic carbocycles. The van der Waals surface area contributed by atoms with Crippen molar-refractivity contribution in [2.75, 3.05) is 25.5 Å². The molecule has 0 atom stereocenters. The molecule has 0 saturated heterocycles. The Balaban J connectivity index is 1.31. The topological polar surface area (TPSA) is 47.6 Å². The molecule has 6 heteroatoms. The first kappa shape index (κ1) is 18.9. The fourth-order valence-corrected chi connectivity index (χ4v) is 3.57. The Morgan fingerprint density at radius 1 is 1.04 bits per heavy atom. The van der Waals surface area contributed by atoms with Crippen molar-refractivity contribution in [2.45, 2.75) is 18.6 Å². The number of halogens is 1. The lowest BCUT2D eigenvalue weighted by Gasteiger charge is -2.18. The molecule has 1 aliphatic heterocycles. The first-order valence-corrected chi connectivity index (χ1v) is 10.2. The van der Waals surface area contributed by atoms with Crippen molar-refractivity contribution >= 4 is 29.3 Å². The summed E-state index contributed by atoms with van der Waals surface area (Å²) in [5.41, 5.74) is 2.32. The molecule has 3 rings (SSSR count). The molecule has 0 unspecified atom stereocenters. The highest BCUT2D eigenvalue weighted by molar-refractivity contribution is 7.98. The summed E-state index contributed by atoms with van der Waals surface area (Å²) in [4.78, 5) is 12.0. The van der Waals surface area contributed by atoms with Crippen LogP contribution in [0.5, 0.6) is 11.5 Å². The molecular weight excluding hydrogens is 370 g/mol. The zero-order valence-electron chi connectivity index (χ0n) is 14.5. The summed E-state index contributed by atoms with van der Waals surface area (Å²) in [6, 6.07) is 13.7. The summed E-state index contributed by atoms with van der Waals surface area (Å²) in [6.07, 6.45) is 1.17. The van der Waals surface area contributed by atoms with Crippen LogP contribution in [0, 0.1) is 0 Å². The Morgan fingerprint density at radius 2 is 1.77 bits per heavy atom. The molecule has 0 fully saturated rings. The molecule has 26 heavy (non-hydrogen) atoms. The molecule has 0 saturated carbocycles. The molecule has 0 spiro atoms. The Morgan fingerprint density at radius 3 is 2.58 bits per heavy atom. The number of fused-ring (bicyclic) bond motifs is 1. The molecule has 1 heterocycles. The third-order valence-electron chi connectivity index (χ3n) is 4.00. The van der Waals surface area contributed by atoms with Gasteiger partial charge in [0.15, 0.2) is 11.5 Å². The first-order valence-electron chi connectivity index (χ1n) is 8.68. The minimum Gasteiger partial charge on any atom is -0.486 e. The molecule has 1 aliphatic rings. The van der Waals surface area contributed by atoms with Crippen molar-refractivity contribution in [2.24, 2.45) is 0 Å². The van der Waals surface area contributed by atoms with E-state index in [2.05, 4.69) is 5.32 Å². The fourth-order valence-electron chi connectivity index (χ4n) is 2.62. The highest BCUT2D eigenvalue weighted by Crippen LogP contribution is 2.31. The van der Waals surface area contributed by atoms with Gasteiger partial charge in [-0.1, -0.05) is 29.8 Å². The molecule has 1 N–H and O–H groups in total. The van der Waals surface area contributed by atoms with E-state index in [0.717, 1.165) is 33.6 Å². The number of nitrogens with one attached hydrogen (secondary N) is 1. The molecule has 0 radical (unpaired) electrons. The Bertz CT molecular complexity index is 736. The quantitative estimate of drug-likeness (QED) is 0.688. The average molecular weight is 392 g/mol. The largest absolute Gasteiger partial charge is 0.486 e. The predicted octanol–water partition coefficient (Wildman–Crippen LogP) is 4.09. The maximum Gasteiger partial charge on any atom is 0.220 e. The van der Waals surface area contributed by atoms with E-state index in [1.807, 2.05) is 42.5 Å². The zero-order valence-corrected chi connectivity index (χ0v) is 16.1. The standard InChI is InChI=1S/C20H22ClNO3S/c21-17-5-1-16(2-6-17)14-26-12-9-22-20(23)8-4-15-3-7-18-19(13-15)25-11-10-24-18/h1-3,5-7,13H,4,8-12,14H2,(H,22,23). The molecule has 1 amide bonds. The normalized spacial score (nSPS) is 12.7. The third-order valence-corrected chi connectivity index (χ3v) is 5.28. The second kappa shape index (κ2) is 9.74. The van der Waals surface area contributed by atoms with Gasteiger partial charge in [-0.05, 0) is 41.8 Å². The summed E-state index contributed by atoms with van der Waals surface area (Å²) < 4.78 is 11.1. The second-order valence-corrected chi connectivity index (χ2v) is 7.55. The molecule has 4 nitrogen and oxygen atoms in total. The van der Waals surface area contributed by atoms with Crippen LogP contribution in [0.1, 0.15) is 17.5 Å². The van der Waals surface area contributed by atoms with Gasteiger partial charge in [-0.15, -0.1) is 0 Å². The van der Waals surface area contributed by atoms with Crippen molar-refractivity contribution in [1.29, 1.82) is 0 Å². The van der Waals surface area contributed by atoms with Gasteiger partial charge in [0.2, 0.25) is 5.91 Å². The van der Waals surface area contributed by atoms with Gasteiger partial charge in [0.05, 0.1) is 0 Å². The van der Waals surface area contributed by atoms with E-state index >= 15 is 0 Å². The van der Waals surface area contributed by atoms with Gasteiger partial charge in [0.25, 0.3) is 0 Å². The summed E-state index contributed by atoms with van der Waals surface area (Å²) in [5, 5.41) is 3.73. The Hall–Kier alpha value is -1.85. The van der Waals surface area contributed by atoms with Gasteiger partial charge in [0.1, 0.15) is 13.2 Å². The lowest BCUT2D eigenvalue weighted by molar-refractivity contribution is -0.120. The van der Waals surface area contributed by atoms with Crippen LogP contribution in [0.4, 0.5) is 0 Å². The zero-order chi connectivity index (χ0) is 18.2. The van der Waals surface area contributed by atoms with Crippen molar-refractivity contribution < 1.29 is 14.3 Å². The second-order valence-electron chi connectivity index (χ2n) is 6.01. The van der Waals surface area contributed by atoms with Crippen molar-refractivity contribution in [3.8, 4) is 11.5 Å². The molecule has 138 valence electrons. The smallest absolute Gasteiger partial charge is 0.220 e. The van der Waals surface area contributed by atoms with Crippen LogP contribution in [0.15, 0.2) is 42.5 Å². The Kier molecular flexibility index (Phi) is 7.09. The number of thioether (sulfide) groups is 1. The van der Waals surface area contributed by atoms with Gasteiger partial charge < -0.3 is 14.8 Å². The lowest BCUT2D eigenvalue weighted by Crippen LogP contribution is -2.26. The highest BCUT2D eigenvalue weighted by atomic mass is 35.5. The summed E-state index contributed by atoms with van der Waals surface area (Å²) >= 11 is 7.67. The van der Waals surface area contributed by atoms with E-state index in [1.54, 1.807) is 11.8 Å². The lowest BCUT2D eigenvalue weighted by atomic mass is 10.1. The number of carbonyl (C=O) groups excluding carboxylic acids is 1. The number of aryl methyl sites for hydroxylation is 1. The fraction of sp³-hybridized carbons (Fsp3) is 0.350. The van der Waals surface area contributed by atoms with Gasteiger partial charge in [0, 0.05) is 29.5 Å². The predicted molar refractivity (Wildman–Crippen MR) is 106 cm³/mol. The Labute approximate surface area is 163 Å². The van der Waals surface area contributed by atoms with E-state index in [-0.39, 0.29) is 5.91 Å². The maximum atomic E-state index is 12.0. The van der Waals surface area contributed by atoms with Crippen molar-refractivity contribution in [3.05, 3.63) is 58.6 Å². The van der Waals surface area contributed by atoms with Gasteiger partial charge >= 0.3 is 0 Å². The minimum absolute atomic E-state index is 0.0759. The number of rotatable bonds is 8. The van der Waals surface area contributed by atoms with Gasteiger partial charge in [-0.25, -0.2) is 0 Å². The van der Waals surface area contributed by atoms with Crippen LogP contribution in [0.2, 0.25) is 5.02 Å². The minimum atomic E-state index is 0.0759. The number of hydrogen-bond acceptors (Lipinski definition) is 4. The third kappa shape index (κ3) is 5.85. The summed E-state index contributed by atoms with van der Waals surface area (Å²) in [5.74, 6) is 3.43. The van der Waals surface area contributed by atoms with Crippen LogP contribution in [0.25, 0.3) is 0 Å². The monoisotopic (exact) mass is 391 g/mol. The van der Waals surface area contributed by atoms with E-state index in [0.29, 0.717) is 32.6 Å². The van der Waals surface area contributed by atoms with Gasteiger partial charge in [-0.3, -0.25) is 4.79 Å². The maximum absolute atomic E-state index is 12.0. The van der Waals surface area contributed by atoms with Crippen LogP contribution >= 0.6 is 23.4 Å². The molecule has 0 aliphatic carbocycles. The van der Waals surface area contributed by atoms with Crippen molar-refractivity contribution in [3.63, 3.8) is 0 Å². The van der Waals surface area contributed by atoms with Crippen LogP contribution in [-0.4, -0.2) is 31.4 Å². The molecule has 0 aromatic heterocycles. The van der Waals surface area contributed by atoms with Crippen LogP contribution in [-0.2, 0) is 17.0 Å². The van der Waals surface area contributed by atoms with Gasteiger partial charge in [-0.2, -0.15) is 11.8 Å². The van der Waals surface area contributed by atoms with Crippen molar-refractivity contribution in [1.82, 2.24) is 5.32 Å². The summed E-state index contributed by atoms with van der Waals surface area (Å²) in [7, 11) is 0. The number of amides is 1. The average Bonchev–Trinajstić information content (AvgIpc) is 2.67. The number of hydrogen-bond donors (Lipinski definition) is 1. The van der Waals surface area contributed by atoms with E-state index in [4.69, 9.17) is 21.1 Å². The van der Waals surface area contributed by atoms with E-state index in [9.17, 15) is 4.79 Å². The number of carbonyl (C=O) groups is 1. The number of benzene rings is 2. The van der Waals surface area contributed by atoms with Crippen LogP contribution < -0.4 is 14.8 Å². The van der Waals surface area contributed by atoms with E-state index in [1.165, 1.54) is 5.56 Å². The summed E-state index contributed by atoms with van der Waals surface area (Å²) in [6.45, 7) is 1.84. The molecule has 0 bridgehead atoms. The molecular formula is C20H22ClNO3S. The number of ether oxygens (including phenoxy) is 2.